The first-order valence-corrected chi connectivity index (χ1v) is 8.42. The molecule has 1 aromatic carbocycles. The molecule has 1 aromatic rings. The Morgan fingerprint density at radius 3 is 1.75 bits per heavy atom. The molecule has 0 aliphatic rings. The van der Waals surface area contributed by atoms with Crippen LogP contribution in [0.1, 0.15) is 59.6 Å². The fourth-order valence-corrected chi connectivity index (χ4v) is 2.84. The molecule has 1 unspecified atom stereocenters. The molecule has 0 aliphatic heterocycles. The smallest absolute Gasteiger partial charge is 0.0464 e. The molecule has 2 heteroatoms. The lowest BCUT2D eigenvalue weighted by atomic mass is 9.81. The Labute approximate surface area is 129 Å². The van der Waals surface area contributed by atoms with Crippen LogP contribution in [0.3, 0.4) is 0 Å². The van der Waals surface area contributed by atoms with Crippen LogP contribution in [0.25, 0.3) is 0 Å². The average molecular weight is 295 g/mol. The van der Waals surface area contributed by atoms with Gasteiger partial charge in [0.15, 0.2) is 0 Å². The fraction of sp³-hybridized carbons (Fsp3) is 0.667. The Bertz CT molecular complexity index is 405. The zero-order valence-corrected chi connectivity index (χ0v) is 14.9. The number of aliphatic hydroxyl groups excluding tert-OH is 1. The van der Waals surface area contributed by atoms with Crippen LogP contribution in [0.2, 0.25) is 0 Å². The van der Waals surface area contributed by atoms with E-state index in [1.54, 1.807) is 0 Å². The Hall–Kier alpha value is -0.470. The molecule has 0 saturated heterocycles. The lowest BCUT2D eigenvalue weighted by Crippen LogP contribution is -2.16. The van der Waals surface area contributed by atoms with E-state index in [-0.39, 0.29) is 17.4 Å². The summed E-state index contributed by atoms with van der Waals surface area (Å²) in [5.41, 5.74) is 3.12. The van der Waals surface area contributed by atoms with Crippen molar-refractivity contribution in [2.24, 2.45) is 5.92 Å². The summed E-state index contributed by atoms with van der Waals surface area (Å²) in [4.78, 5) is 1.32. The van der Waals surface area contributed by atoms with Crippen LogP contribution >= 0.6 is 11.8 Å². The zero-order chi connectivity index (χ0) is 15.6. The molecule has 1 N–H and O–H groups in total. The minimum absolute atomic E-state index is 0.166. The van der Waals surface area contributed by atoms with Crippen molar-refractivity contribution in [3.8, 4) is 0 Å². The van der Waals surface area contributed by atoms with E-state index >= 15 is 0 Å². The number of hydrogen-bond donors (Lipinski definition) is 1. The Kier molecular flexibility index (Phi) is 5.74. The predicted octanol–water partition coefficient (Wildman–Crippen LogP) is 5.00. The third-order valence-electron chi connectivity index (χ3n) is 3.48. The largest absolute Gasteiger partial charge is 0.396 e. The molecule has 0 aromatic heterocycles. The van der Waals surface area contributed by atoms with Crippen LogP contribution in [-0.2, 0) is 10.8 Å². The minimum Gasteiger partial charge on any atom is -0.396 e. The van der Waals surface area contributed by atoms with Crippen molar-refractivity contribution in [1.82, 2.24) is 0 Å². The predicted molar refractivity (Wildman–Crippen MR) is 90.8 cm³/mol. The Morgan fingerprint density at radius 2 is 1.40 bits per heavy atom. The first-order valence-electron chi connectivity index (χ1n) is 7.43. The lowest BCUT2D eigenvalue weighted by Gasteiger charge is -2.26. The van der Waals surface area contributed by atoms with Gasteiger partial charge in [-0.05, 0) is 40.0 Å². The summed E-state index contributed by atoms with van der Waals surface area (Å²) in [5, 5.41) is 9.17. The van der Waals surface area contributed by atoms with Crippen LogP contribution in [-0.4, -0.2) is 17.5 Å². The van der Waals surface area contributed by atoms with E-state index in [9.17, 15) is 0 Å². The number of hydrogen-bond acceptors (Lipinski definition) is 2. The van der Waals surface area contributed by atoms with Crippen LogP contribution in [0.4, 0.5) is 0 Å². The van der Waals surface area contributed by atoms with Crippen LogP contribution in [0.15, 0.2) is 23.1 Å². The molecule has 0 heterocycles. The van der Waals surface area contributed by atoms with E-state index in [1.165, 1.54) is 16.0 Å². The van der Waals surface area contributed by atoms with Gasteiger partial charge in [-0.15, -0.1) is 11.8 Å². The summed E-state index contributed by atoms with van der Waals surface area (Å²) in [6.07, 6.45) is 0. The van der Waals surface area contributed by atoms with Crippen molar-refractivity contribution < 1.29 is 5.11 Å². The van der Waals surface area contributed by atoms with Gasteiger partial charge in [0.1, 0.15) is 0 Å². The molecule has 1 nitrogen and oxygen atoms in total. The summed E-state index contributed by atoms with van der Waals surface area (Å²) >= 11 is 1.85. The van der Waals surface area contributed by atoms with E-state index in [0.29, 0.717) is 5.92 Å². The molecule has 0 bridgehead atoms. The van der Waals surface area contributed by atoms with E-state index in [0.717, 1.165) is 5.75 Å². The number of aliphatic hydroxyl groups is 1. The van der Waals surface area contributed by atoms with Crippen LogP contribution in [0, 0.1) is 5.92 Å². The van der Waals surface area contributed by atoms with Crippen molar-refractivity contribution in [2.45, 2.75) is 64.2 Å². The van der Waals surface area contributed by atoms with Crippen molar-refractivity contribution in [3.63, 3.8) is 0 Å². The van der Waals surface area contributed by atoms with Crippen molar-refractivity contribution >= 4 is 11.8 Å². The molecule has 114 valence electrons. The molecule has 0 amide bonds. The summed E-state index contributed by atoms with van der Waals surface area (Å²) in [6.45, 7) is 15.9. The summed E-state index contributed by atoms with van der Waals surface area (Å²) in [5.74, 6) is 1.31. The fourth-order valence-electron chi connectivity index (χ4n) is 1.84. The van der Waals surface area contributed by atoms with Crippen molar-refractivity contribution in [1.29, 1.82) is 0 Å². The third kappa shape index (κ3) is 5.14. The molecular formula is C18H30OS. The number of thioether (sulfide) groups is 1. The first kappa shape index (κ1) is 17.6. The first-order chi connectivity index (χ1) is 9.04. The highest BCUT2D eigenvalue weighted by atomic mass is 32.2. The van der Waals surface area contributed by atoms with Crippen LogP contribution in [0.5, 0.6) is 0 Å². The summed E-state index contributed by atoms with van der Waals surface area (Å²) in [7, 11) is 0. The molecule has 1 rings (SSSR count). The molecular weight excluding hydrogens is 264 g/mol. The number of rotatable bonds is 4. The maximum Gasteiger partial charge on any atom is 0.0464 e. The molecule has 1 atom stereocenters. The quantitative estimate of drug-likeness (QED) is 0.788. The van der Waals surface area contributed by atoms with Gasteiger partial charge in [-0.1, -0.05) is 54.5 Å². The zero-order valence-electron chi connectivity index (χ0n) is 14.1. The SMILES string of the molecule is CC(CO)CSc1cc(C(C)(C)C)cc(C(C)(C)C)c1. The van der Waals surface area contributed by atoms with Gasteiger partial charge in [0, 0.05) is 17.3 Å². The minimum atomic E-state index is 0.166. The monoisotopic (exact) mass is 294 g/mol. The van der Waals surface area contributed by atoms with Gasteiger partial charge in [0.05, 0.1) is 0 Å². The number of benzene rings is 1. The van der Waals surface area contributed by atoms with E-state index < -0.39 is 0 Å². The molecule has 0 radical (unpaired) electrons. The molecule has 0 fully saturated rings. The highest BCUT2D eigenvalue weighted by Crippen LogP contribution is 2.34. The average Bonchev–Trinajstić information content (AvgIpc) is 2.33. The summed E-state index contributed by atoms with van der Waals surface area (Å²) in [6, 6.07) is 6.97. The van der Waals surface area contributed by atoms with Gasteiger partial charge in [0.2, 0.25) is 0 Å². The van der Waals surface area contributed by atoms with Gasteiger partial charge in [-0.25, -0.2) is 0 Å². The van der Waals surface area contributed by atoms with E-state index in [1.807, 2.05) is 11.8 Å². The molecule has 20 heavy (non-hydrogen) atoms. The van der Waals surface area contributed by atoms with E-state index in [2.05, 4.69) is 66.7 Å². The van der Waals surface area contributed by atoms with Crippen molar-refractivity contribution in [3.05, 3.63) is 29.3 Å². The van der Waals surface area contributed by atoms with Gasteiger partial charge in [-0.3, -0.25) is 0 Å². The topological polar surface area (TPSA) is 20.2 Å². The van der Waals surface area contributed by atoms with Crippen LogP contribution < -0.4 is 0 Å². The second-order valence-corrected chi connectivity index (χ2v) is 8.94. The van der Waals surface area contributed by atoms with Gasteiger partial charge in [0.25, 0.3) is 0 Å². The second-order valence-electron chi connectivity index (χ2n) is 7.84. The Morgan fingerprint density at radius 1 is 0.950 bits per heavy atom. The maximum absolute atomic E-state index is 9.17. The second kappa shape index (κ2) is 6.53. The Balaban J connectivity index is 3.11. The third-order valence-corrected chi connectivity index (χ3v) is 4.79. The summed E-state index contributed by atoms with van der Waals surface area (Å²) < 4.78 is 0. The molecule has 0 saturated carbocycles. The highest BCUT2D eigenvalue weighted by Gasteiger charge is 2.20. The van der Waals surface area contributed by atoms with Gasteiger partial charge >= 0.3 is 0 Å². The molecule has 0 aliphatic carbocycles. The normalized spacial score (nSPS) is 14.4. The maximum atomic E-state index is 9.17. The highest BCUT2D eigenvalue weighted by molar-refractivity contribution is 7.99. The van der Waals surface area contributed by atoms with Gasteiger partial charge in [-0.2, -0.15) is 0 Å². The lowest BCUT2D eigenvalue weighted by molar-refractivity contribution is 0.250. The van der Waals surface area contributed by atoms with Crippen molar-refractivity contribution in [2.75, 3.05) is 12.4 Å². The standard InChI is InChI=1S/C18H30OS/c1-13(11-19)12-20-16-9-14(17(2,3)4)8-15(10-16)18(5,6)7/h8-10,13,19H,11-12H2,1-7H3. The molecule has 0 spiro atoms. The van der Waals surface area contributed by atoms with Gasteiger partial charge < -0.3 is 5.11 Å². The van der Waals surface area contributed by atoms with E-state index in [4.69, 9.17) is 5.11 Å².